The highest BCUT2D eigenvalue weighted by Crippen LogP contribution is 2.69. The minimum absolute atomic E-state index is 0.0618. The monoisotopic (exact) mass is 300 g/mol. The molecule has 1 aromatic carbocycles. The lowest BCUT2D eigenvalue weighted by Gasteiger charge is -2.18. The van der Waals surface area contributed by atoms with Gasteiger partial charge in [-0.2, -0.15) is 13.2 Å². The van der Waals surface area contributed by atoms with Crippen molar-refractivity contribution < 1.29 is 13.2 Å². The van der Waals surface area contributed by atoms with Gasteiger partial charge in [0.15, 0.2) is 0 Å². The number of hydrogen-bond acceptors (Lipinski definition) is 2. The highest BCUT2D eigenvalue weighted by molar-refractivity contribution is 5.27. The molecule has 21 heavy (non-hydrogen) atoms. The van der Waals surface area contributed by atoms with Crippen molar-refractivity contribution in [1.82, 2.24) is 5.43 Å². The third-order valence-electron chi connectivity index (χ3n) is 5.49. The van der Waals surface area contributed by atoms with E-state index in [9.17, 15) is 13.2 Å². The number of nitrogens with one attached hydrogen (secondary N) is 1. The van der Waals surface area contributed by atoms with Crippen molar-refractivity contribution in [2.75, 3.05) is 0 Å². The Balaban J connectivity index is 2.10. The fraction of sp³-hybridized carbons (Fsp3) is 0.625. The van der Waals surface area contributed by atoms with Crippen LogP contribution in [0.4, 0.5) is 13.2 Å². The van der Waals surface area contributed by atoms with E-state index in [0.29, 0.717) is 12.3 Å². The van der Waals surface area contributed by atoms with Crippen molar-refractivity contribution in [3.8, 4) is 0 Å². The van der Waals surface area contributed by atoms with E-state index in [2.05, 4.69) is 33.1 Å². The van der Waals surface area contributed by atoms with Gasteiger partial charge in [-0.3, -0.25) is 11.3 Å². The Hall–Kier alpha value is -1.07. The van der Waals surface area contributed by atoms with Gasteiger partial charge >= 0.3 is 6.18 Å². The summed E-state index contributed by atoms with van der Waals surface area (Å²) in [6, 6.07) is 5.40. The summed E-state index contributed by atoms with van der Waals surface area (Å²) < 4.78 is 37.7. The number of nitrogens with two attached hydrogens (primary N) is 1. The molecule has 0 aromatic heterocycles. The van der Waals surface area contributed by atoms with Crippen LogP contribution in [0.1, 0.15) is 38.8 Å². The third-order valence-corrected chi connectivity index (χ3v) is 5.49. The fourth-order valence-corrected chi connectivity index (χ4v) is 3.61. The standard InChI is InChI=1S/C16H23F3N2/c1-14(2)13(15(14,3)4)12(21-20)9-10-5-7-11(8-6-10)16(17,18)19/h5-8,12-13,21H,9,20H2,1-4H3. The number of hydrogen-bond donors (Lipinski definition) is 2. The molecule has 0 bridgehead atoms. The highest BCUT2D eigenvalue weighted by atomic mass is 19.4. The first-order chi connectivity index (χ1) is 9.51. The molecule has 2 rings (SSSR count). The molecule has 1 saturated carbocycles. The van der Waals surface area contributed by atoms with Crippen molar-refractivity contribution in [3.05, 3.63) is 35.4 Å². The Morgan fingerprint density at radius 2 is 1.57 bits per heavy atom. The molecule has 5 heteroatoms. The summed E-state index contributed by atoms with van der Waals surface area (Å²) >= 11 is 0. The summed E-state index contributed by atoms with van der Waals surface area (Å²) in [5.41, 5.74) is 3.45. The molecule has 0 heterocycles. The van der Waals surface area contributed by atoms with Crippen LogP contribution in [0.2, 0.25) is 0 Å². The maximum Gasteiger partial charge on any atom is 0.416 e. The minimum Gasteiger partial charge on any atom is -0.271 e. The van der Waals surface area contributed by atoms with E-state index in [1.165, 1.54) is 12.1 Å². The lowest BCUT2D eigenvalue weighted by molar-refractivity contribution is -0.137. The van der Waals surface area contributed by atoms with Crippen LogP contribution in [0, 0.1) is 16.7 Å². The summed E-state index contributed by atoms with van der Waals surface area (Å²) in [7, 11) is 0. The quantitative estimate of drug-likeness (QED) is 0.656. The third kappa shape index (κ3) is 2.81. The number of benzene rings is 1. The molecule has 118 valence electrons. The van der Waals surface area contributed by atoms with Crippen molar-refractivity contribution in [3.63, 3.8) is 0 Å². The Bertz CT molecular complexity index is 489. The van der Waals surface area contributed by atoms with Crippen LogP contribution in [0.5, 0.6) is 0 Å². The number of rotatable bonds is 4. The molecule has 0 aliphatic heterocycles. The molecule has 0 radical (unpaired) electrons. The van der Waals surface area contributed by atoms with Gasteiger partial charge in [0, 0.05) is 6.04 Å². The van der Waals surface area contributed by atoms with Gasteiger partial charge in [0.1, 0.15) is 0 Å². The van der Waals surface area contributed by atoms with Crippen LogP contribution in [0.25, 0.3) is 0 Å². The average Bonchev–Trinajstić information content (AvgIpc) is 2.77. The van der Waals surface area contributed by atoms with E-state index in [4.69, 9.17) is 5.84 Å². The van der Waals surface area contributed by atoms with Gasteiger partial charge in [0.05, 0.1) is 5.56 Å². The molecule has 1 aliphatic rings. The van der Waals surface area contributed by atoms with E-state index in [-0.39, 0.29) is 16.9 Å². The molecule has 0 saturated heterocycles. The number of alkyl halides is 3. The van der Waals surface area contributed by atoms with Gasteiger partial charge < -0.3 is 0 Å². The Labute approximate surface area is 123 Å². The minimum atomic E-state index is -4.29. The first kappa shape index (κ1) is 16.3. The lowest BCUT2D eigenvalue weighted by Crippen LogP contribution is -2.40. The normalized spacial score (nSPS) is 22.1. The molecular weight excluding hydrogens is 277 g/mol. The largest absolute Gasteiger partial charge is 0.416 e. The zero-order valence-corrected chi connectivity index (χ0v) is 12.9. The van der Waals surface area contributed by atoms with E-state index in [0.717, 1.165) is 17.7 Å². The first-order valence-corrected chi connectivity index (χ1v) is 7.14. The van der Waals surface area contributed by atoms with Gasteiger partial charge in [0.25, 0.3) is 0 Å². The highest BCUT2D eigenvalue weighted by Gasteiger charge is 2.66. The van der Waals surface area contributed by atoms with Crippen LogP contribution in [0.15, 0.2) is 24.3 Å². The maximum atomic E-state index is 12.6. The van der Waals surface area contributed by atoms with Gasteiger partial charge in [-0.1, -0.05) is 39.8 Å². The van der Waals surface area contributed by atoms with Crippen molar-refractivity contribution >= 4 is 0 Å². The smallest absolute Gasteiger partial charge is 0.271 e. The summed E-state index contributed by atoms with van der Waals surface area (Å²) in [6.45, 7) is 8.81. The first-order valence-electron chi connectivity index (χ1n) is 7.14. The van der Waals surface area contributed by atoms with Gasteiger partial charge in [0.2, 0.25) is 0 Å². The van der Waals surface area contributed by atoms with Gasteiger partial charge in [-0.05, 0) is 40.9 Å². The summed E-state index contributed by atoms with van der Waals surface area (Å²) in [5.74, 6) is 6.07. The Morgan fingerprint density at radius 3 is 1.90 bits per heavy atom. The zero-order chi connectivity index (χ0) is 16.1. The zero-order valence-electron chi connectivity index (χ0n) is 12.9. The SMILES string of the molecule is CC1(C)C(C(Cc2ccc(C(F)(F)F)cc2)NN)C1(C)C. The van der Waals surface area contributed by atoms with E-state index in [1.54, 1.807) is 0 Å². The molecular formula is C16H23F3N2. The molecule has 0 spiro atoms. The second-order valence-electron chi connectivity index (χ2n) is 7.09. The van der Waals surface area contributed by atoms with Crippen molar-refractivity contribution in [1.29, 1.82) is 0 Å². The van der Waals surface area contributed by atoms with E-state index in [1.807, 2.05) is 0 Å². The van der Waals surface area contributed by atoms with E-state index < -0.39 is 11.7 Å². The fourth-order valence-electron chi connectivity index (χ4n) is 3.61. The van der Waals surface area contributed by atoms with E-state index >= 15 is 0 Å². The van der Waals surface area contributed by atoms with Crippen molar-refractivity contribution in [2.24, 2.45) is 22.6 Å². The van der Waals surface area contributed by atoms with Crippen LogP contribution in [-0.4, -0.2) is 6.04 Å². The summed E-state index contributed by atoms with van der Waals surface area (Å²) in [4.78, 5) is 0. The predicted octanol–water partition coefficient (Wildman–Crippen LogP) is 3.76. The molecule has 1 fully saturated rings. The van der Waals surface area contributed by atoms with Crippen LogP contribution in [-0.2, 0) is 12.6 Å². The Kier molecular flexibility index (Phi) is 3.87. The topological polar surface area (TPSA) is 38.0 Å². The summed E-state index contributed by atoms with van der Waals surface area (Å²) in [6.07, 6.45) is -3.66. The van der Waals surface area contributed by atoms with Crippen molar-refractivity contribution in [2.45, 2.75) is 46.3 Å². The average molecular weight is 300 g/mol. The molecule has 2 nitrogen and oxygen atoms in total. The maximum absolute atomic E-state index is 12.6. The molecule has 1 aromatic rings. The molecule has 1 unspecified atom stereocenters. The molecule has 0 amide bonds. The second kappa shape index (κ2) is 4.99. The number of halogens is 3. The van der Waals surface area contributed by atoms with Crippen LogP contribution in [0.3, 0.4) is 0 Å². The molecule has 3 N–H and O–H groups in total. The molecule has 1 aliphatic carbocycles. The molecule has 1 atom stereocenters. The lowest BCUT2D eigenvalue weighted by atomic mass is 9.97. The second-order valence-corrected chi connectivity index (χ2v) is 7.09. The Morgan fingerprint density at radius 1 is 1.10 bits per heavy atom. The summed E-state index contributed by atoms with van der Waals surface area (Å²) in [5, 5.41) is 0. The van der Waals surface area contributed by atoms with Gasteiger partial charge in [-0.25, -0.2) is 0 Å². The van der Waals surface area contributed by atoms with Crippen LogP contribution < -0.4 is 11.3 Å². The number of hydrazine groups is 1. The van der Waals surface area contributed by atoms with Crippen LogP contribution >= 0.6 is 0 Å². The van der Waals surface area contributed by atoms with Gasteiger partial charge in [-0.15, -0.1) is 0 Å². The predicted molar refractivity (Wildman–Crippen MR) is 77.3 cm³/mol.